The van der Waals surface area contributed by atoms with Gasteiger partial charge in [0.05, 0.1) is 11.8 Å². The van der Waals surface area contributed by atoms with E-state index >= 15 is 0 Å². The number of aromatic nitrogens is 1. The van der Waals surface area contributed by atoms with E-state index in [1.165, 1.54) is 4.90 Å². The van der Waals surface area contributed by atoms with E-state index in [1.807, 2.05) is 18.4 Å². The minimum atomic E-state index is 0.0369. The number of rotatable bonds is 6. The molecule has 21 heavy (non-hydrogen) atoms. The van der Waals surface area contributed by atoms with Crippen molar-refractivity contribution in [1.82, 2.24) is 5.16 Å². The number of thioether (sulfide) groups is 2. The second-order valence-corrected chi connectivity index (χ2v) is 6.91. The lowest BCUT2D eigenvalue weighted by molar-refractivity contribution is 0.103. The summed E-state index contributed by atoms with van der Waals surface area (Å²) in [5.74, 6) is 2.03. The van der Waals surface area contributed by atoms with Crippen molar-refractivity contribution < 1.29 is 9.32 Å². The van der Waals surface area contributed by atoms with Crippen molar-refractivity contribution >= 4 is 29.3 Å². The van der Waals surface area contributed by atoms with Crippen molar-refractivity contribution in [2.45, 2.75) is 29.4 Å². The normalized spacial score (nSPS) is 14.4. The fourth-order valence-electron chi connectivity index (χ4n) is 2.40. The first-order valence-corrected chi connectivity index (χ1v) is 9.51. The lowest BCUT2D eigenvalue weighted by atomic mass is 9.98. The maximum atomic E-state index is 12.8. The number of benzene rings is 1. The minimum absolute atomic E-state index is 0.0369. The van der Waals surface area contributed by atoms with Crippen LogP contribution in [-0.4, -0.2) is 23.5 Å². The Morgan fingerprint density at radius 2 is 2.14 bits per heavy atom. The molecule has 1 fully saturated rings. The molecule has 0 unspecified atom stereocenters. The van der Waals surface area contributed by atoms with Crippen LogP contribution < -0.4 is 0 Å². The molecule has 1 saturated carbocycles. The standard InChI is InChI=1S/C16H17NO2S2/c1-20-9-11-7-12(21-2)5-6-13(11)15(18)14-8-17-19-16(14)10-3-4-10/h5-8,10H,3-4,9H2,1-2H3. The number of hydrogen-bond donors (Lipinski definition) is 0. The summed E-state index contributed by atoms with van der Waals surface area (Å²) in [5, 5.41) is 3.83. The van der Waals surface area contributed by atoms with Crippen LogP contribution >= 0.6 is 23.5 Å². The van der Waals surface area contributed by atoms with Crippen molar-refractivity contribution in [3.8, 4) is 0 Å². The molecule has 0 aliphatic heterocycles. The number of carbonyl (C=O) groups excluding carboxylic acids is 1. The highest BCUT2D eigenvalue weighted by atomic mass is 32.2. The van der Waals surface area contributed by atoms with Crippen molar-refractivity contribution in [2.75, 3.05) is 12.5 Å². The second kappa shape index (κ2) is 6.28. The minimum Gasteiger partial charge on any atom is -0.360 e. The van der Waals surface area contributed by atoms with Gasteiger partial charge in [-0.05, 0) is 49.1 Å². The molecule has 1 aliphatic rings. The highest BCUT2D eigenvalue weighted by Crippen LogP contribution is 2.42. The molecule has 0 atom stereocenters. The zero-order valence-electron chi connectivity index (χ0n) is 12.1. The highest BCUT2D eigenvalue weighted by molar-refractivity contribution is 7.98. The van der Waals surface area contributed by atoms with Crippen LogP contribution in [0.1, 0.15) is 46.0 Å². The number of hydrogen-bond acceptors (Lipinski definition) is 5. The molecule has 1 aromatic heterocycles. The lowest BCUT2D eigenvalue weighted by Crippen LogP contribution is -2.06. The molecule has 2 aromatic rings. The van der Waals surface area contributed by atoms with E-state index in [0.717, 1.165) is 35.5 Å². The number of nitrogens with zero attached hydrogens (tertiary/aromatic N) is 1. The van der Waals surface area contributed by atoms with Crippen LogP contribution in [0.25, 0.3) is 0 Å². The van der Waals surface area contributed by atoms with E-state index in [9.17, 15) is 4.79 Å². The Kier molecular flexibility index (Phi) is 4.40. The summed E-state index contributed by atoms with van der Waals surface area (Å²) >= 11 is 3.42. The third-order valence-corrected chi connectivity index (χ3v) is 4.97. The van der Waals surface area contributed by atoms with Crippen LogP contribution in [0.5, 0.6) is 0 Å². The topological polar surface area (TPSA) is 43.1 Å². The van der Waals surface area contributed by atoms with E-state index in [-0.39, 0.29) is 5.78 Å². The van der Waals surface area contributed by atoms with Crippen LogP contribution in [-0.2, 0) is 5.75 Å². The molecular weight excluding hydrogens is 302 g/mol. The molecule has 3 nitrogen and oxygen atoms in total. The second-order valence-electron chi connectivity index (χ2n) is 5.16. The van der Waals surface area contributed by atoms with Gasteiger partial charge >= 0.3 is 0 Å². The summed E-state index contributed by atoms with van der Waals surface area (Å²) in [5.41, 5.74) is 2.49. The summed E-state index contributed by atoms with van der Waals surface area (Å²) < 4.78 is 5.30. The van der Waals surface area contributed by atoms with E-state index in [4.69, 9.17) is 4.52 Å². The van der Waals surface area contributed by atoms with Crippen molar-refractivity contribution in [1.29, 1.82) is 0 Å². The van der Waals surface area contributed by atoms with Crippen LogP contribution in [0.4, 0.5) is 0 Å². The summed E-state index contributed by atoms with van der Waals surface area (Å²) in [4.78, 5) is 14.0. The molecule has 0 bridgehead atoms. The molecule has 0 amide bonds. The van der Waals surface area contributed by atoms with E-state index in [2.05, 4.69) is 17.5 Å². The predicted octanol–water partition coefficient (Wildman–Crippen LogP) is 4.37. The quantitative estimate of drug-likeness (QED) is 0.584. The SMILES string of the molecule is CSCc1cc(SC)ccc1C(=O)c1cnoc1C1CC1. The van der Waals surface area contributed by atoms with Gasteiger partial charge in [-0.25, -0.2) is 0 Å². The summed E-state index contributed by atoms with van der Waals surface area (Å²) in [6.45, 7) is 0. The van der Waals surface area contributed by atoms with Crippen LogP contribution in [0, 0.1) is 0 Å². The van der Waals surface area contributed by atoms with Gasteiger partial charge in [-0.1, -0.05) is 5.16 Å². The third kappa shape index (κ3) is 3.04. The molecule has 1 aliphatic carbocycles. The van der Waals surface area contributed by atoms with E-state index in [1.54, 1.807) is 29.7 Å². The van der Waals surface area contributed by atoms with Crippen LogP contribution in [0.2, 0.25) is 0 Å². The van der Waals surface area contributed by atoms with Gasteiger partial charge in [-0.3, -0.25) is 4.79 Å². The van der Waals surface area contributed by atoms with Gasteiger partial charge < -0.3 is 4.52 Å². The zero-order valence-corrected chi connectivity index (χ0v) is 13.7. The smallest absolute Gasteiger partial charge is 0.198 e. The average molecular weight is 319 g/mol. The molecule has 0 spiro atoms. The molecule has 5 heteroatoms. The third-order valence-electron chi connectivity index (χ3n) is 3.65. The molecule has 1 aromatic carbocycles. The van der Waals surface area contributed by atoms with Crippen molar-refractivity contribution in [3.05, 3.63) is 46.8 Å². The molecule has 1 heterocycles. The summed E-state index contributed by atoms with van der Waals surface area (Å²) in [7, 11) is 0. The van der Waals surface area contributed by atoms with E-state index < -0.39 is 0 Å². The van der Waals surface area contributed by atoms with Crippen LogP contribution in [0.15, 0.2) is 33.8 Å². The Labute approximate surface area is 132 Å². The largest absolute Gasteiger partial charge is 0.360 e. The Hall–Kier alpha value is -1.20. The molecule has 0 N–H and O–H groups in total. The maximum absolute atomic E-state index is 12.8. The molecular formula is C16H17NO2S2. The fourth-order valence-corrected chi connectivity index (χ4v) is 3.41. The predicted molar refractivity (Wildman–Crippen MR) is 87.4 cm³/mol. The Bertz CT molecular complexity index is 662. The van der Waals surface area contributed by atoms with Gasteiger partial charge in [0.1, 0.15) is 0 Å². The van der Waals surface area contributed by atoms with Gasteiger partial charge in [-0.15, -0.1) is 11.8 Å². The van der Waals surface area contributed by atoms with Crippen LogP contribution in [0.3, 0.4) is 0 Å². The highest BCUT2D eigenvalue weighted by Gasteiger charge is 2.33. The van der Waals surface area contributed by atoms with Gasteiger partial charge in [0.25, 0.3) is 0 Å². The molecule has 3 rings (SSSR count). The number of carbonyl (C=O) groups is 1. The number of ketones is 1. The maximum Gasteiger partial charge on any atom is 0.198 e. The van der Waals surface area contributed by atoms with Gasteiger partial charge in [0.15, 0.2) is 11.5 Å². The molecule has 0 saturated heterocycles. The Morgan fingerprint density at radius 3 is 2.81 bits per heavy atom. The van der Waals surface area contributed by atoms with Gasteiger partial charge in [0.2, 0.25) is 0 Å². The Balaban J connectivity index is 1.98. The molecule has 110 valence electrons. The lowest BCUT2D eigenvalue weighted by Gasteiger charge is -2.09. The molecule has 0 radical (unpaired) electrons. The summed E-state index contributed by atoms with van der Waals surface area (Å²) in [6, 6.07) is 6.05. The Morgan fingerprint density at radius 1 is 1.33 bits per heavy atom. The first kappa shape index (κ1) is 14.7. The first-order valence-electron chi connectivity index (χ1n) is 6.89. The fraction of sp³-hybridized carbons (Fsp3) is 0.375. The summed E-state index contributed by atoms with van der Waals surface area (Å²) in [6.07, 6.45) is 7.86. The zero-order chi connectivity index (χ0) is 14.8. The van der Waals surface area contributed by atoms with Crippen molar-refractivity contribution in [2.24, 2.45) is 0 Å². The van der Waals surface area contributed by atoms with E-state index in [0.29, 0.717) is 11.5 Å². The van der Waals surface area contributed by atoms with Gasteiger partial charge in [-0.2, -0.15) is 11.8 Å². The first-order chi connectivity index (χ1) is 10.2. The van der Waals surface area contributed by atoms with Gasteiger partial charge in [0, 0.05) is 22.1 Å². The monoisotopic (exact) mass is 319 g/mol. The average Bonchev–Trinajstić information content (AvgIpc) is 3.24. The van der Waals surface area contributed by atoms with Crippen molar-refractivity contribution in [3.63, 3.8) is 0 Å².